The lowest BCUT2D eigenvalue weighted by Crippen LogP contribution is -2.26. The van der Waals surface area contributed by atoms with Gasteiger partial charge in [0.15, 0.2) is 0 Å². The van der Waals surface area contributed by atoms with Crippen molar-refractivity contribution in [1.82, 2.24) is 4.90 Å². The number of nitrogens with zero attached hydrogens (tertiary/aromatic N) is 1. The molecule has 1 heterocycles. The molecule has 18 heavy (non-hydrogen) atoms. The molecule has 1 aliphatic heterocycles. The van der Waals surface area contributed by atoms with Gasteiger partial charge in [-0.05, 0) is 50.4 Å². The number of benzene rings is 1. The van der Waals surface area contributed by atoms with Crippen LogP contribution in [0.2, 0.25) is 0 Å². The third-order valence-corrected chi connectivity index (χ3v) is 4.08. The van der Waals surface area contributed by atoms with Crippen LogP contribution in [0.4, 0.5) is 0 Å². The summed E-state index contributed by atoms with van der Waals surface area (Å²) in [5, 5.41) is 9.65. The summed E-state index contributed by atoms with van der Waals surface area (Å²) in [4.78, 5) is 2.44. The van der Waals surface area contributed by atoms with E-state index in [1.165, 1.54) is 5.56 Å². The van der Waals surface area contributed by atoms with Crippen molar-refractivity contribution in [3.8, 4) is 5.75 Å². The third-order valence-electron chi connectivity index (χ3n) is 4.08. The summed E-state index contributed by atoms with van der Waals surface area (Å²) < 4.78 is 5.18. The molecular formula is C15H23NO2. The molecule has 0 radical (unpaired) electrons. The van der Waals surface area contributed by atoms with Crippen LogP contribution in [0.3, 0.4) is 0 Å². The molecule has 2 rings (SSSR count). The first-order chi connectivity index (χ1) is 8.61. The molecule has 1 aromatic rings. The first-order valence-corrected chi connectivity index (χ1v) is 6.68. The summed E-state index contributed by atoms with van der Waals surface area (Å²) in [6.45, 7) is 6.19. The Hall–Kier alpha value is -1.06. The van der Waals surface area contributed by atoms with Crippen LogP contribution >= 0.6 is 0 Å². The maximum Gasteiger partial charge on any atom is 0.118 e. The highest BCUT2D eigenvalue weighted by atomic mass is 16.5. The lowest BCUT2D eigenvalue weighted by molar-refractivity contribution is 0.123. The number of hydrogen-bond acceptors (Lipinski definition) is 3. The predicted octanol–water partition coefficient (Wildman–Crippen LogP) is 2.46. The molecule has 1 saturated heterocycles. The van der Waals surface area contributed by atoms with Gasteiger partial charge in [0.1, 0.15) is 5.75 Å². The molecule has 0 aromatic heterocycles. The van der Waals surface area contributed by atoms with Crippen LogP contribution in [0, 0.1) is 5.92 Å². The summed E-state index contributed by atoms with van der Waals surface area (Å²) in [6.07, 6.45) is 0.899. The largest absolute Gasteiger partial charge is 0.497 e. The Kier molecular flexibility index (Phi) is 4.25. The molecule has 3 atom stereocenters. The van der Waals surface area contributed by atoms with E-state index in [4.69, 9.17) is 4.74 Å². The lowest BCUT2D eigenvalue weighted by Gasteiger charge is -2.25. The Morgan fingerprint density at radius 1 is 1.28 bits per heavy atom. The molecular weight excluding hydrogens is 226 g/mol. The van der Waals surface area contributed by atoms with Gasteiger partial charge in [0.2, 0.25) is 0 Å². The number of aliphatic hydroxyl groups excluding tert-OH is 1. The van der Waals surface area contributed by atoms with Crippen molar-refractivity contribution >= 4 is 0 Å². The van der Waals surface area contributed by atoms with E-state index in [1.807, 2.05) is 19.1 Å². The van der Waals surface area contributed by atoms with Crippen molar-refractivity contribution in [2.45, 2.75) is 32.4 Å². The minimum Gasteiger partial charge on any atom is -0.497 e. The van der Waals surface area contributed by atoms with Gasteiger partial charge in [0, 0.05) is 12.6 Å². The molecule has 3 heteroatoms. The second-order valence-electron chi connectivity index (χ2n) is 5.23. The highest BCUT2D eigenvalue weighted by molar-refractivity contribution is 5.29. The average Bonchev–Trinajstić information content (AvgIpc) is 2.88. The molecule has 0 spiro atoms. The van der Waals surface area contributed by atoms with Crippen molar-refractivity contribution < 1.29 is 9.84 Å². The van der Waals surface area contributed by atoms with E-state index in [0.717, 1.165) is 25.3 Å². The first-order valence-electron chi connectivity index (χ1n) is 6.68. The fourth-order valence-electron chi connectivity index (χ4n) is 2.65. The number of rotatable bonds is 4. The molecule has 1 aromatic carbocycles. The Morgan fingerprint density at radius 3 is 2.44 bits per heavy atom. The molecule has 1 N–H and O–H groups in total. The molecule has 1 unspecified atom stereocenters. The Balaban J connectivity index is 2.00. The van der Waals surface area contributed by atoms with E-state index in [2.05, 4.69) is 24.0 Å². The zero-order valence-corrected chi connectivity index (χ0v) is 11.5. The van der Waals surface area contributed by atoms with Gasteiger partial charge in [-0.1, -0.05) is 12.1 Å². The third kappa shape index (κ3) is 2.85. The fourth-order valence-corrected chi connectivity index (χ4v) is 2.65. The molecule has 1 fully saturated rings. The van der Waals surface area contributed by atoms with Gasteiger partial charge < -0.3 is 9.84 Å². The monoisotopic (exact) mass is 249 g/mol. The van der Waals surface area contributed by atoms with Gasteiger partial charge in [-0.25, -0.2) is 0 Å². The summed E-state index contributed by atoms with van der Waals surface area (Å²) >= 11 is 0. The molecule has 100 valence electrons. The van der Waals surface area contributed by atoms with E-state index >= 15 is 0 Å². The standard InChI is InChI=1S/C15H23NO2/c1-11(13-4-6-15(18-3)7-5-13)16-9-8-14(10-16)12(2)17/h4-7,11-12,14,17H,8-10H2,1-3H3/t11-,12-,14?/m0/s1. The second kappa shape index (κ2) is 5.72. The number of aliphatic hydroxyl groups is 1. The quantitative estimate of drug-likeness (QED) is 0.889. The van der Waals surface area contributed by atoms with Gasteiger partial charge in [-0.2, -0.15) is 0 Å². The van der Waals surface area contributed by atoms with Gasteiger partial charge in [0.05, 0.1) is 13.2 Å². The van der Waals surface area contributed by atoms with Crippen molar-refractivity contribution in [2.24, 2.45) is 5.92 Å². The molecule has 1 aliphatic rings. The zero-order valence-electron chi connectivity index (χ0n) is 11.5. The predicted molar refractivity (Wildman–Crippen MR) is 72.8 cm³/mol. The Bertz CT molecular complexity index is 375. The number of hydrogen-bond donors (Lipinski definition) is 1. The van der Waals surface area contributed by atoms with Crippen LogP contribution in [-0.2, 0) is 0 Å². The second-order valence-corrected chi connectivity index (χ2v) is 5.23. The zero-order chi connectivity index (χ0) is 13.1. The summed E-state index contributed by atoms with van der Waals surface area (Å²) in [5.41, 5.74) is 1.31. The molecule has 0 saturated carbocycles. The number of likely N-dealkylation sites (tertiary alicyclic amines) is 1. The van der Waals surface area contributed by atoms with Crippen LogP contribution in [0.5, 0.6) is 5.75 Å². The van der Waals surface area contributed by atoms with Crippen LogP contribution < -0.4 is 4.74 Å². The minimum atomic E-state index is -0.196. The van der Waals surface area contributed by atoms with Crippen molar-refractivity contribution in [2.75, 3.05) is 20.2 Å². The van der Waals surface area contributed by atoms with E-state index < -0.39 is 0 Å². The molecule has 0 bridgehead atoms. The fraction of sp³-hybridized carbons (Fsp3) is 0.600. The van der Waals surface area contributed by atoms with Gasteiger partial charge in [0.25, 0.3) is 0 Å². The molecule has 0 aliphatic carbocycles. The first kappa shape index (κ1) is 13.4. The van der Waals surface area contributed by atoms with E-state index in [9.17, 15) is 5.11 Å². The topological polar surface area (TPSA) is 32.7 Å². The van der Waals surface area contributed by atoms with Crippen molar-refractivity contribution in [3.63, 3.8) is 0 Å². The average molecular weight is 249 g/mol. The lowest BCUT2D eigenvalue weighted by atomic mass is 10.0. The maximum atomic E-state index is 9.65. The number of ether oxygens (including phenoxy) is 1. The Morgan fingerprint density at radius 2 is 1.94 bits per heavy atom. The van der Waals surface area contributed by atoms with E-state index in [1.54, 1.807) is 7.11 Å². The van der Waals surface area contributed by atoms with Crippen molar-refractivity contribution in [1.29, 1.82) is 0 Å². The van der Waals surface area contributed by atoms with Crippen molar-refractivity contribution in [3.05, 3.63) is 29.8 Å². The Labute approximate surface area is 109 Å². The minimum absolute atomic E-state index is 0.196. The molecule has 3 nitrogen and oxygen atoms in total. The van der Waals surface area contributed by atoms with Gasteiger partial charge >= 0.3 is 0 Å². The molecule has 0 amide bonds. The number of methoxy groups -OCH3 is 1. The van der Waals surface area contributed by atoms with E-state index in [-0.39, 0.29) is 6.10 Å². The van der Waals surface area contributed by atoms with Crippen LogP contribution in [0.1, 0.15) is 31.9 Å². The van der Waals surface area contributed by atoms with Crippen LogP contribution in [0.15, 0.2) is 24.3 Å². The van der Waals surface area contributed by atoms with Gasteiger partial charge in [-0.3, -0.25) is 4.90 Å². The summed E-state index contributed by atoms with van der Waals surface area (Å²) in [5.74, 6) is 1.32. The normalized spacial score (nSPS) is 23.9. The maximum absolute atomic E-state index is 9.65. The smallest absolute Gasteiger partial charge is 0.118 e. The van der Waals surface area contributed by atoms with Crippen LogP contribution in [-0.4, -0.2) is 36.3 Å². The summed E-state index contributed by atoms with van der Waals surface area (Å²) in [7, 11) is 1.69. The van der Waals surface area contributed by atoms with Gasteiger partial charge in [-0.15, -0.1) is 0 Å². The van der Waals surface area contributed by atoms with Crippen LogP contribution in [0.25, 0.3) is 0 Å². The summed E-state index contributed by atoms with van der Waals surface area (Å²) in [6, 6.07) is 8.67. The van der Waals surface area contributed by atoms with E-state index in [0.29, 0.717) is 12.0 Å². The highest BCUT2D eigenvalue weighted by Crippen LogP contribution is 2.29. The SMILES string of the molecule is COc1ccc([C@H](C)N2CCC([C@H](C)O)C2)cc1. The highest BCUT2D eigenvalue weighted by Gasteiger charge is 2.29.